The molecule has 9 heteroatoms. The number of carbonyl (C=O) groups is 2. The highest BCUT2D eigenvalue weighted by Crippen LogP contribution is 2.30. The number of carbonyl (C=O) groups excluding carboxylic acids is 2. The van der Waals surface area contributed by atoms with Gasteiger partial charge in [-0.1, -0.05) is 0 Å². The van der Waals surface area contributed by atoms with Crippen LogP contribution < -0.4 is 5.32 Å². The molecular weight excluding hydrogens is 325 g/mol. The topological polar surface area (TPSA) is 67.2 Å². The van der Waals surface area contributed by atoms with Crippen LogP contribution in [0.2, 0.25) is 0 Å². The molecule has 1 saturated heterocycles. The number of nitrogens with zero attached hydrogens (tertiary/aromatic N) is 3. The van der Waals surface area contributed by atoms with Crippen LogP contribution in [-0.2, 0) is 23.1 Å². The molecule has 0 saturated carbocycles. The van der Waals surface area contributed by atoms with Crippen molar-refractivity contribution in [3.05, 3.63) is 17.5 Å². The average Bonchev–Trinajstić information content (AvgIpc) is 3.03. The van der Waals surface area contributed by atoms with E-state index in [-0.39, 0.29) is 24.9 Å². The third-order valence-electron chi connectivity index (χ3n) is 4.65. The molecule has 0 aromatic carbocycles. The standard InChI is InChI=1S/C15H19F3N4O2/c1-21-12-4-2-3-11(10(12)6-19-21)20-14(24)9-5-13(23)22(7-9)8-15(16,17)18/h6,9,11H,2-5,7-8H2,1H3,(H,20,24)/t9-,11-/m0/s1. The molecule has 1 aliphatic carbocycles. The zero-order valence-corrected chi connectivity index (χ0v) is 13.3. The molecule has 1 fully saturated rings. The molecule has 2 aliphatic rings. The van der Waals surface area contributed by atoms with Crippen molar-refractivity contribution in [1.82, 2.24) is 20.0 Å². The van der Waals surface area contributed by atoms with Gasteiger partial charge in [0.2, 0.25) is 11.8 Å². The summed E-state index contributed by atoms with van der Waals surface area (Å²) in [6.07, 6.45) is -0.350. The monoisotopic (exact) mass is 344 g/mol. The predicted molar refractivity (Wildman–Crippen MR) is 77.8 cm³/mol. The van der Waals surface area contributed by atoms with Crippen LogP contribution in [0.4, 0.5) is 13.2 Å². The first-order valence-electron chi connectivity index (χ1n) is 7.90. The third-order valence-corrected chi connectivity index (χ3v) is 4.65. The second-order valence-electron chi connectivity index (χ2n) is 6.41. The van der Waals surface area contributed by atoms with Gasteiger partial charge in [-0.15, -0.1) is 0 Å². The number of alkyl halides is 3. The van der Waals surface area contributed by atoms with Gasteiger partial charge in [-0.2, -0.15) is 18.3 Å². The number of hydrogen-bond acceptors (Lipinski definition) is 3. The Bertz CT molecular complexity index is 656. The van der Waals surface area contributed by atoms with Gasteiger partial charge in [0, 0.05) is 31.3 Å². The molecule has 1 aromatic heterocycles. The summed E-state index contributed by atoms with van der Waals surface area (Å²) in [5.74, 6) is -1.73. The Morgan fingerprint density at radius 3 is 2.92 bits per heavy atom. The maximum Gasteiger partial charge on any atom is 0.406 e. The molecule has 3 rings (SSSR count). The summed E-state index contributed by atoms with van der Waals surface area (Å²) in [5, 5.41) is 7.08. The highest BCUT2D eigenvalue weighted by Gasteiger charge is 2.41. The SMILES string of the molecule is Cn1ncc2c1CCC[C@@H]2NC(=O)[C@H]1CC(=O)N(CC(F)(F)F)C1. The number of aromatic nitrogens is 2. The molecule has 0 unspecified atom stereocenters. The maximum absolute atomic E-state index is 12.4. The lowest BCUT2D eigenvalue weighted by molar-refractivity contribution is -0.157. The van der Waals surface area contributed by atoms with E-state index in [2.05, 4.69) is 10.4 Å². The van der Waals surface area contributed by atoms with E-state index in [1.165, 1.54) is 0 Å². The number of amides is 2. The normalized spacial score (nSPS) is 24.2. The number of aryl methyl sites for hydroxylation is 1. The molecule has 24 heavy (non-hydrogen) atoms. The number of halogens is 3. The first-order valence-corrected chi connectivity index (χ1v) is 7.90. The molecule has 1 aromatic rings. The molecule has 1 N–H and O–H groups in total. The van der Waals surface area contributed by atoms with Crippen molar-refractivity contribution < 1.29 is 22.8 Å². The molecule has 0 radical (unpaired) electrons. The minimum Gasteiger partial charge on any atom is -0.349 e. The van der Waals surface area contributed by atoms with Crippen molar-refractivity contribution in [2.24, 2.45) is 13.0 Å². The van der Waals surface area contributed by atoms with Crippen LogP contribution in [-0.4, -0.2) is 45.8 Å². The quantitative estimate of drug-likeness (QED) is 0.899. The van der Waals surface area contributed by atoms with Crippen LogP contribution in [0.1, 0.15) is 36.6 Å². The maximum atomic E-state index is 12.4. The molecule has 0 spiro atoms. The Hall–Kier alpha value is -2.06. The van der Waals surface area contributed by atoms with E-state index >= 15 is 0 Å². The molecule has 6 nitrogen and oxygen atoms in total. The fourth-order valence-corrected chi connectivity index (χ4v) is 3.46. The van der Waals surface area contributed by atoms with Crippen molar-refractivity contribution in [3.8, 4) is 0 Å². The van der Waals surface area contributed by atoms with Crippen molar-refractivity contribution in [2.45, 2.75) is 37.9 Å². The van der Waals surface area contributed by atoms with E-state index in [1.54, 1.807) is 10.9 Å². The lowest BCUT2D eigenvalue weighted by Crippen LogP contribution is -2.38. The van der Waals surface area contributed by atoms with Crippen molar-refractivity contribution in [2.75, 3.05) is 13.1 Å². The zero-order chi connectivity index (χ0) is 17.5. The van der Waals surface area contributed by atoms with Crippen LogP contribution in [0.3, 0.4) is 0 Å². The van der Waals surface area contributed by atoms with E-state index in [4.69, 9.17) is 0 Å². The fourth-order valence-electron chi connectivity index (χ4n) is 3.46. The summed E-state index contributed by atoms with van der Waals surface area (Å²) in [4.78, 5) is 24.8. The molecule has 132 valence electrons. The Balaban J connectivity index is 1.63. The van der Waals surface area contributed by atoms with E-state index in [9.17, 15) is 22.8 Å². The molecule has 0 bridgehead atoms. The average molecular weight is 344 g/mol. The number of rotatable bonds is 3. The lowest BCUT2D eigenvalue weighted by atomic mass is 9.92. The predicted octanol–water partition coefficient (Wildman–Crippen LogP) is 1.32. The summed E-state index contributed by atoms with van der Waals surface area (Å²) >= 11 is 0. The number of nitrogens with one attached hydrogen (secondary N) is 1. The molecule has 2 heterocycles. The van der Waals surface area contributed by atoms with Crippen molar-refractivity contribution in [1.29, 1.82) is 0 Å². The van der Waals surface area contributed by atoms with Gasteiger partial charge in [-0.3, -0.25) is 14.3 Å². The largest absolute Gasteiger partial charge is 0.406 e. The summed E-state index contributed by atoms with van der Waals surface area (Å²) in [5.41, 5.74) is 2.02. The number of fused-ring (bicyclic) bond motifs is 1. The van der Waals surface area contributed by atoms with E-state index < -0.39 is 24.5 Å². The summed E-state index contributed by atoms with van der Waals surface area (Å²) < 4.78 is 39.1. The van der Waals surface area contributed by atoms with Crippen LogP contribution >= 0.6 is 0 Å². The Kier molecular flexibility index (Phi) is 4.27. The summed E-state index contributed by atoms with van der Waals surface area (Å²) in [7, 11) is 1.84. The summed E-state index contributed by atoms with van der Waals surface area (Å²) in [6.45, 7) is -1.48. The van der Waals surface area contributed by atoms with Gasteiger partial charge in [0.15, 0.2) is 0 Å². The van der Waals surface area contributed by atoms with E-state index in [1.807, 2.05) is 7.05 Å². The van der Waals surface area contributed by atoms with E-state index in [0.29, 0.717) is 4.90 Å². The second kappa shape index (κ2) is 6.10. The number of likely N-dealkylation sites (tertiary alicyclic amines) is 1. The summed E-state index contributed by atoms with van der Waals surface area (Å²) in [6, 6.07) is -0.193. The highest BCUT2D eigenvalue weighted by molar-refractivity contribution is 5.89. The van der Waals surface area contributed by atoms with Gasteiger partial charge in [0.1, 0.15) is 6.54 Å². The second-order valence-corrected chi connectivity index (χ2v) is 6.41. The van der Waals surface area contributed by atoms with Crippen molar-refractivity contribution >= 4 is 11.8 Å². The minimum absolute atomic E-state index is 0.172. The van der Waals surface area contributed by atoms with Crippen LogP contribution in [0.5, 0.6) is 0 Å². The van der Waals surface area contributed by atoms with Gasteiger partial charge in [-0.05, 0) is 19.3 Å². The van der Waals surface area contributed by atoms with Crippen LogP contribution in [0, 0.1) is 5.92 Å². The van der Waals surface area contributed by atoms with Gasteiger partial charge >= 0.3 is 6.18 Å². The van der Waals surface area contributed by atoms with Gasteiger partial charge in [0.25, 0.3) is 0 Å². The number of hydrogen-bond donors (Lipinski definition) is 1. The minimum atomic E-state index is -4.45. The van der Waals surface area contributed by atoms with Gasteiger partial charge in [-0.25, -0.2) is 0 Å². The van der Waals surface area contributed by atoms with Crippen LogP contribution in [0.15, 0.2) is 6.20 Å². The first kappa shape index (κ1) is 16.8. The zero-order valence-electron chi connectivity index (χ0n) is 13.3. The van der Waals surface area contributed by atoms with Gasteiger partial charge < -0.3 is 10.2 Å². The van der Waals surface area contributed by atoms with E-state index in [0.717, 1.165) is 30.5 Å². The van der Waals surface area contributed by atoms with Gasteiger partial charge in [0.05, 0.1) is 18.2 Å². The lowest BCUT2D eigenvalue weighted by Gasteiger charge is -2.25. The smallest absolute Gasteiger partial charge is 0.349 e. The Morgan fingerprint density at radius 1 is 1.46 bits per heavy atom. The van der Waals surface area contributed by atoms with Crippen LogP contribution in [0.25, 0.3) is 0 Å². The Labute approximate surface area is 137 Å². The third kappa shape index (κ3) is 3.39. The molecule has 1 aliphatic heterocycles. The Morgan fingerprint density at radius 2 is 2.21 bits per heavy atom. The molecule has 2 amide bonds. The fraction of sp³-hybridized carbons (Fsp3) is 0.667. The molecule has 2 atom stereocenters. The highest BCUT2D eigenvalue weighted by atomic mass is 19.4. The first-order chi connectivity index (χ1) is 11.2. The molecular formula is C15H19F3N4O2. The van der Waals surface area contributed by atoms with Crippen molar-refractivity contribution in [3.63, 3.8) is 0 Å².